The second-order valence-corrected chi connectivity index (χ2v) is 7.76. The van der Waals surface area contributed by atoms with Crippen LogP contribution in [0.4, 0.5) is 0 Å². The molecule has 1 aromatic heterocycles. The molecule has 162 valence electrons. The highest BCUT2D eigenvalue weighted by molar-refractivity contribution is 5.85. The molecule has 0 saturated carbocycles. The molecule has 0 aliphatic rings. The molecule has 0 unspecified atom stereocenters. The molecule has 0 aliphatic carbocycles. The molecule has 1 atom stereocenters. The number of allylic oxidation sites excluding steroid dienone is 1. The summed E-state index contributed by atoms with van der Waals surface area (Å²) in [6.07, 6.45) is 3.94. The molecule has 1 amide bonds. The van der Waals surface area contributed by atoms with E-state index in [9.17, 15) is 4.79 Å². The third kappa shape index (κ3) is 7.13. The average molecular weight is 421 g/mol. The van der Waals surface area contributed by atoms with Crippen molar-refractivity contribution in [2.75, 3.05) is 6.61 Å². The molecule has 3 rings (SSSR count). The minimum absolute atomic E-state index is 0.197. The molecule has 3 N–H and O–H groups in total. The molecule has 3 aromatic rings. The molecule has 31 heavy (non-hydrogen) atoms. The van der Waals surface area contributed by atoms with E-state index in [0.717, 1.165) is 11.1 Å². The van der Waals surface area contributed by atoms with Crippen LogP contribution in [0.3, 0.4) is 0 Å². The number of carbonyl (C=O) groups excluding carboxylic acids is 1. The van der Waals surface area contributed by atoms with Crippen molar-refractivity contribution in [1.29, 1.82) is 0 Å². The van der Waals surface area contributed by atoms with Gasteiger partial charge in [-0.05, 0) is 30.2 Å². The van der Waals surface area contributed by atoms with E-state index < -0.39 is 11.6 Å². The Morgan fingerprint density at radius 2 is 1.84 bits per heavy atom. The smallest absolute Gasteiger partial charge is 0.240 e. The van der Waals surface area contributed by atoms with E-state index in [2.05, 4.69) is 20.7 Å². The van der Waals surface area contributed by atoms with Gasteiger partial charge in [-0.2, -0.15) is 4.80 Å². The van der Waals surface area contributed by atoms with Crippen molar-refractivity contribution in [2.24, 2.45) is 5.73 Å². The molecule has 2 aromatic carbocycles. The number of nitrogens with one attached hydrogen (secondary N) is 1. The summed E-state index contributed by atoms with van der Waals surface area (Å²) >= 11 is 0. The highest BCUT2D eigenvalue weighted by Gasteiger charge is 2.27. The Labute approximate surface area is 182 Å². The molecule has 8 heteroatoms. The van der Waals surface area contributed by atoms with Gasteiger partial charge in [-0.1, -0.05) is 72.8 Å². The predicted molar refractivity (Wildman–Crippen MR) is 119 cm³/mol. The lowest BCUT2D eigenvalue weighted by Crippen LogP contribution is -2.50. The Bertz CT molecular complexity index is 980. The first-order chi connectivity index (χ1) is 14.9. The summed E-state index contributed by atoms with van der Waals surface area (Å²) in [6, 6.07) is 19.2. The highest BCUT2D eigenvalue weighted by Crippen LogP contribution is 2.11. The maximum atomic E-state index is 12.4. The Morgan fingerprint density at radius 3 is 2.52 bits per heavy atom. The van der Waals surface area contributed by atoms with Crippen LogP contribution in [-0.4, -0.2) is 38.3 Å². The molecule has 0 spiro atoms. The Kier molecular flexibility index (Phi) is 7.64. The third-order valence-electron chi connectivity index (χ3n) is 4.45. The van der Waals surface area contributed by atoms with Gasteiger partial charge >= 0.3 is 0 Å². The van der Waals surface area contributed by atoms with Crippen LogP contribution in [0.15, 0.2) is 66.7 Å². The number of aromatic nitrogens is 4. The van der Waals surface area contributed by atoms with Gasteiger partial charge in [-0.15, -0.1) is 10.2 Å². The maximum absolute atomic E-state index is 12.4. The second-order valence-electron chi connectivity index (χ2n) is 7.76. The summed E-state index contributed by atoms with van der Waals surface area (Å²) < 4.78 is 5.81. The van der Waals surface area contributed by atoms with E-state index in [1.54, 1.807) is 13.8 Å². The number of rotatable bonds is 10. The lowest BCUT2D eigenvalue weighted by molar-refractivity contribution is -0.126. The molecule has 8 nitrogen and oxygen atoms in total. The largest absolute Gasteiger partial charge is 0.374 e. The van der Waals surface area contributed by atoms with Gasteiger partial charge in [-0.3, -0.25) is 4.79 Å². The zero-order chi connectivity index (χ0) is 22.1. The quantitative estimate of drug-likeness (QED) is 0.522. The minimum atomic E-state index is -1.04. The fourth-order valence-corrected chi connectivity index (χ4v) is 2.71. The van der Waals surface area contributed by atoms with Crippen LogP contribution < -0.4 is 11.1 Å². The average Bonchev–Trinajstić information content (AvgIpc) is 3.22. The summed E-state index contributed by atoms with van der Waals surface area (Å²) in [5.74, 6) is 0.0555. The number of tetrazole rings is 1. The van der Waals surface area contributed by atoms with Crippen LogP contribution in [0.5, 0.6) is 0 Å². The van der Waals surface area contributed by atoms with Gasteiger partial charge in [-0.25, -0.2) is 0 Å². The van der Waals surface area contributed by atoms with E-state index >= 15 is 0 Å². The van der Waals surface area contributed by atoms with Gasteiger partial charge in [0, 0.05) is 0 Å². The fourth-order valence-electron chi connectivity index (χ4n) is 2.71. The van der Waals surface area contributed by atoms with E-state index in [1.165, 1.54) is 4.80 Å². The lowest BCUT2D eigenvalue weighted by atomic mass is 10.1. The van der Waals surface area contributed by atoms with Crippen LogP contribution in [-0.2, 0) is 22.7 Å². The number of benzene rings is 2. The van der Waals surface area contributed by atoms with Crippen molar-refractivity contribution in [1.82, 2.24) is 25.5 Å². The number of nitrogens with zero attached hydrogens (tertiary/aromatic N) is 4. The monoisotopic (exact) mass is 420 g/mol. The summed E-state index contributed by atoms with van der Waals surface area (Å²) in [5, 5.41) is 15.5. The van der Waals surface area contributed by atoms with Gasteiger partial charge in [0.15, 0.2) is 5.82 Å². The van der Waals surface area contributed by atoms with E-state index in [1.807, 2.05) is 72.8 Å². The van der Waals surface area contributed by atoms with Gasteiger partial charge in [0.05, 0.1) is 25.3 Å². The summed E-state index contributed by atoms with van der Waals surface area (Å²) in [4.78, 5) is 13.9. The van der Waals surface area contributed by atoms with Crippen LogP contribution in [0.25, 0.3) is 6.08 Å². The van der Waals surface area contributed by atoms with Crippen LogP contribution in [0.1, 0.15) is 36.8 Å². The topological polar surface area (TPSA) is 108 Å². The van der Waals surface area contributed by atoms with E-state index in [0.29, 0.717) is 19.0 Å². The number of carbonyl (C=O) groups is 1. The van der Waals surface area contributed by atoms with Gasteiger partial charge in [0.25, 0.3) is 0 Å². The second kappa shape index (κ2) is 10.6. The molecule has 1 heterocycles. The van der Waals surface area contributed by atoms with E-state index in [4.69, 9.17) is 10.5 Å². The summed E-state index contributed by atoms with van der Waals surface area (Å²) in [7, 11) is 0. The lowest BCUT2D eigenvalue weighted by Gasteiger charge is -2.22. The van der Waals surface area contributed by atoms with Crippen molar-refractivity contribution in [2.45, 2.75) is 38.6 Å². The number of hydrogen-bond acceptors (Lipinski definition) is 6. The minimum Gasteiger partial charge on any atom is -0.374 e. The van der Waals surface area contributed by atoms with Crippen molar-refractivity contribution in [3.05, 3.63) is 83.7 Å². The van der Waals surface area contributed by atoms with Crippen molar-refractivity contribution < 1.29 is 9.53 Å². The fraction of sp³-hybridized carbons (Fsp3) is 0.304. The number of hydrogen-bond donors (Lipinski definition) is 2. The van der Waals surface area contributed by atoms with Crippen molar-refractivity contribution in [3.8, 4) is 0 Å². The number of ether oxygens (including phenoxy) is 1. The molecular formula is C23H28N6O2. The van der Waals surface area contributed by atoms with Crippen LogP contribution >= 0.6 is 0 Å². The van der Waals surface area contributed by atoms with Crippen LogP contribution in [0.2, 0.25) is 0 Å². The zero-order valence-electron chi connectivity index (χ0n) is 17.8. The highest BCUT2D eigenvalue weighted by atomic mass is 16.5. The first-order valence-electron chi connectivity index (χ1n) is 10.1. The van der Waals surface area contributed by atoms with Gasteiger partial charge < -0.3 is 15.8 Å². The Morgan fingerprint density at radius 1 is 1.16 bits per heavy atom. The first-order valence-corrected chi connectivity index (χ1v) is 10.1. The Hall–Kier alpha value is -3.36. The summed E-state index contributed by atoms with van der Waals surface area (Å²) in [5.41, 5.74) is 7.02. The van der Waals surface area contributed by atoms with Crippen molar-refractivity contribution in [3.63, 3.8) is 0 Å². The first kappa shape index (κ1) is 22.3. The molecule has 0 fully saturated rings. The summed E-state index contributed by atoms with van der Waals surface area (Å²) in [6.45, 7) is 4.34. The van der Waals surface area contributed by atoms with E-state index in [-0.39, 0.29) is 12.5 Å². The normalized spacial score (nSPS) is 12.7. The third-order valence-corrected chi connectivity index (χ3v) is 4.45. The Balaban J connectivity index is 1.64. The van der Waals surface area contributed by atoms with Crippen molar-refractivity contribution >= 4 is 12.0 Å². The van der Waals surface area contributed by atoms with Crippen LogP contribution in [0, 0.1) is 0 Å². The SMILES string of the molecule is CC(C)(N)C(=O)N[C@H](COCc1ccccc1)c1nnn(CC=Cc2ccccc2)n1. The number of nitrogens with two attached hydrogens (primary N) is 1. The molecule has 0 aliphatic heterocycles. The van der Waals surface area contributed by atoms with Gasteiger partial charge in [0.1, 0.15) is 6.04 Å². The maximum Gasteiger partial charge on any atom is 0.240 e. The molecule has 0 radical (unpaired) electrons. The zero-order valence-corrected chi connectivity index (χ0v) is 17.8. The standard InChI is InChI=1S/C23H28N6O2/c1-23(2,24)22(30)25-20(17-31-16-19-12-7-4-8-13-19)21-26-28-29(27-21)15-9-14-18-10-5-3-6-11-18/h3-14,20H,15-17,24H2,1-2H3,(H,25,30)/t20-/m1/s1. The molecule has 0 saturated heterocycles. The number of amides is 1. The van der Waals surface area contributed by atoms with Gasteiger partial charge in [0.2, 0.25) is 5.91 Å². The molecular weight excluding hydrogens is 392 g/mol. The molecule has 0 bridgehead atoms. The predicted octanol–water partition coefficient (Wildman–Crippen LogP) is 2.50.